The van der Waals surface area contributed by atoms with Gasteiger partial charge in [-0.05, 0) is 47.7 Å². The average molecular weight is 396 g/mol. The number of oxazole rings is 1. The molecule has 0 radical (unpaired) electrons. The summed E-state index contributed by atoms with van der Waals surface area (Å²) in [4.78, 5) is 18.6. The number of carbonyl (C=O) groups is 1. The number of amides is 1. The van der Waals surface area contributed by atoms with Gasteiger partial charge in [0.25, 0.3) is 5.91 Å². The number of rotatable bonds is 8. The fraction of sp³-hybridized carbons (Fsp3) is 0.391. The van der Waals surface area contributed by atoms with Gasteiger partial charge in [0.2, 0.25) is 5.89 Å². The number of carbonyl (C=O) groups excluding carboxylic acids is 1. The van der Waals surface area contributed by atoms with E-state index >= 15 is 0 Å². The van der Waals surface area contributed by atoms with Gasteiger partial charge >= 0.3 is 0 Å². The molecule has 0 unspecified atom stereocenters. The zero-order valence-corrected chi connectivity index (χ0v) is 17.5. The molecular formula is C23H29N3O3. The Morgan fingerprint density at radius 2 is 1.83 bits per heavy atom. The van der Waals surface area contributed by atoms with E-state index in [1.165, 1.54) is 5.56 Å². The van der Waals surface area contributed by atoms with Gasteiger partial charge in [0.15, 0.2) is 5.58 Å². The molecule has 0 aliphatic heterocycles. The highest BCUT2D eigenvalue weighted by molar-refractivity contribution is 5.96. The normalized spacial score (nSPS) is 11.7. The van der Waals surface area contributed by atoms with Crippen LogP contribution in [0.15, 0.2) is 46.9 Å². The molecule has 29 heavy (non-hydrogen) atoms. The summed E-state index contributed by atoms with van der Waals surface area (Å²) >= 11 is 0. The molecule has 0 bridgehead atoms. The van der Waals surface area contributed by atoms with Crippen molar-refractivity contribution < 1.29 is 14.4 Å². The fourth-order valence-corrected chi connectivity index (χ4v) is 3.55. The third-order valence-electron chi connectivity index (χ3n) is 4.58. The molecule has 1 aromatic heterocycles. The molecule has 1 heterocycles. The van der Waals surface area contributed by atoms with Crippen molar-refractivity contribution in [2.75, 3.05) is 13.1 Å². The Morgan fingerprint density at radius 3 is 2.48 bits per heavy atom. The maximum absolute atomic E-state index is 11.6. The zero-order chi connectivity index (χ0) is 21.0. The molecule has 0 aliphatic carbocycles. The maximum atomic E-state index is 11.6. The number of hydroxylamine groups is 1. The minimum atomic E-state index is -0.575. The molecule has 0 spiro atoms. The van der Waals surface area contributed by atoms with Crippen LogP contribution in [0.5, 0.6) is 0 Å². The minimum Gasteiger partial charge on any atom is -0.436 e. The number of hydrogen-bond donors (Lipinski definition) is 2. The first-order valence-corrected chi connectivity index (χ1v) is 10.0. The molecule has 0 fully saturated rings. The van der Waals surface area contributed by atoms with E-state index in [0.717, 1.165) is 25.2 Å². The van der Waals surface area contributed by atoms with Crippen LogP contribution in [0.4, 0.5) is 0 Å². The van der Waals surface area contributed by atoms with Gasteiger partial charge < -0.3 is 4.42 Å². The maximum Gasteiger partial charge on any atom is 0.274 e. The molecule has 0 atom stereocenters. The van der Waals surface area contributed by atoms with E-state index in [9.17, 15) is 4.79 Å². The highest BCUT2D eigenvalue weighted by Crippen LogP contribution is 2.26. The van der Waals surface area contributed by atoms with Crippen LogP contribution in [0.2, 0.25) is 0 Å². The van der Waals surface area contributed by atoms with Gasteiger partial charge in [-0.25, -0.2) is 10.5 Å². The fourth-order valence-electron chi connectivity index (χ4n) is 3.55. The smallest absolute Gasteiger partial charge is 0.274 e. The van der Waals surface area contributed by atoms with Crippen molar-refractivity contribution in [2.24, 2.45) is 11.8 Å². The summed E-state index contributed by atoms with van der Waals surface area (Å²) in [5, 5.41) is 8.81. The number of nitrogens with zero attached hydrogens (tertiary/aromatic N) is 2. The average Bonchev–Trinajstić information content (AvgIpc) is 3.10. The Hall–Kier alpha value is -2.70. The number of hydrogen-bond acceptors (Lipinski definition) is 5. The Bertz CT molecular complexity index is 968. The third-order valence-corrected chi connectivity index (χ3v) is 4.58. The molecular weight excluding hydrogens is 366 g/mol. The van der Waals surface area contributed by atoms with Crippen molar-refractivity contribution in [3.63, 3.8) is 0 Å². The Morgan fingerprint density at radius 1 is 1.10 bits per heavy atom. The number of nitrogens with one attached hydrogen (secondary N) is 1. The monoisotopic (exact) mass is 395 g/mol. The van der Waals surface area contributed by atoms with Crippen molar-refractivity contribution in [3.05, 3.63) is 53.6 Å². The molecule has 1 amide bonds. The molecule has 6 heteroatoms. The molecule has 0 aliphatic rings. The molecule has 3 rings (SSSR count). The van der Waals surface area contributed by atoms with E-state index in [2.05, 4.69) is 49.7 Å². The molecule has 3 aromatic rings. The second-order valence-corrected chi connectivity index (χ2v) is 8.32. The van der Waals surface area contributed by atoms with Gasteiger partial charge in [0, 0.05) is 30.8 Å². The van der Waals surface area contributed by atoms with Crippen molar-refractivity contribution in [2.45, 2.75) is 34.2 Å². The summed E-state index contributed by atoms with van der Waals surface area (Å²) in [7, 11) is 0. The Balaban J connectivity index is 1.85. The number of aromatic nitrogens is 1. The highest BCUT2D eigenvalue weighted by Gasteiger charge is 2.14. The Kier molecular flexibility index (Phi) is 6.67. The molecule has 0 saturated carbocycles. The van der Waals surface area contributed by atoms with Crippen molar-refractivity contribution >= 4 is 17.0 Å². The van der Waals surface area contributed by atoms with Crippen LogP contribution in [0.1, 0.15) is 43.6 Å². The standard InChI is InChI=1S/C23H29N3O3/c1-15(2)12-26(13-16(3)4)14-17-6-5-7-19(10-17)23-24-20-11-18(22(27)25-28)8-9-21(20)29-23/h5-11,15-16,28H,12-14H2,1-4H3,(H,25,27). The van der Waals surface area contributed by atoms with Crippen LogP contribution >= 0.6 is 0 Å². The van der Waals surface area contributed by atoms with Gasteiger partial charge in [-0.1, -0.05) is 39.8 Å². The predicted octanol–water partition coefficient (Wildman–Crippen LogP) is 4.73. The number of fused-ring (bicyclic) bond motifs is 1. The Labute approximate surface area is 171 Å². The zero-order valence-electron chi connectivity index (χ0n) is 17.5. The van der Waals surface area contributed by atoms with Crippen molar-refractivity contribution in [1.29, 1.82) is 0 Å². The SMILES string of the molecule is CC(C)CN(Cc1cccc(-c2nc3cc(C(=O)NO)ccc3o2)c1)CC(C)C. The first kappa shape index (κ1) is 21.0. The quantitative estimate of drug-likeness (QED) is 0.426. The highest BCUT2D eigenvalue weighted by atomic mass is 16.5. The van der Waals surface area contributed by atoms with E-state index < -0.39 is 5.91 Å². The van der Waals surface area contributed by atoms with Crippen LogP contribution in [-0.2, 0) is 6.54 Å². The van der Waals surface area contributed by atoms with Crippen LogP contribution in [0, 0.1) is 11.8 Å². The van der Waals surface area contributed by atoms with E-state index in [1.54, 1.807) is 23.7 Å². The molecule has 0 saturated heterocycles. The van der Waals surface area contributed by atoms with Crippen LogP contribution in [0.3, 0.4) is 0 Å². The molecule has 2 aromatic carbocycles. The second-order valence-electron chi connectivity index (χ2n) is 8.32. The van der Waals surface area contributed by atoms with Crippen LogP contribution < -0.4 is 5.48 Å². The largest absolute Gasteiger partial charge is 0.436 e. The van der Waals surface area contributed by atoms with Gasteiger partial charge in [-0.2, -0.15) is 0 Å². The first-order chi connectivity index (χ1) is 13.9. The summed E-state index contributed by atoms with van der Waals surface area (Å²) in [6.45, 7) is 12.0. The van der Waals surface area contributed by atoms with E-state index in [4.69, 9.17) is 9.62 Å². The van der Waals surface area contributed by atoms with Crippen molar-refractivity contribution in [1.82, 2.24) is 15.4 Å². The predicted molar refractivity (Wildman–Crippen MR) is 114 cm³/mol. The summed E-state index contributed by atoms with van der Waals surface area (Å²) in [5.74, 6) is 1.16. The lowest BCUT2D eigenvalue weighted by Crippen LogP contribution is -2.30. The lowest BCUT2D eigenvalue weighted by Gasteiger charge is -2.26. The van der Waals surface area contributed by atoms with E-state index in [-0.39, 0.29) is 0 Å². The van der Waals surface area contributed by atoms with E-state index in [1.807, 2.05) is 12.1 Å². The lowest BCUT2D eigenvalue weighted by atomic mass is 10.1. The summed E-state index contributed by atoms with van der Waals surface area (Å²) in [5.41, 5.74) is 5.25. The molecule has 154 valence electrons. The van der Waals surface area contributed by atoms with Gasteiger partial charge in [0.05, 0.1) is 0 Å². The second kappa shape index (κ2) is 9.20. The van der Waals surface area contributed by atoms with Gasteiger partial charge in [0.1, 0.15) is 5.52 Å². The van der Waals surface area contributed by atoms with Crippen molar-refractivity contribution in [3.8, 4) is 11.5 Å². The summed E-state index contributed by atoms with van der Waals surface area (Å²) < 4.78 is 5.89. The van der Waals surface area contributed by atoms with E-state index in [0.29, 0.717) is 34.4 Å². The third kappa shape index (κ3) is 5.43. The summed E-state index contributed by atoms with van der Waals surface area (Å²) in [6.07, 6.45) is 0. The molecule has 2 N–H and O–H groups in total. The van der Waals surface area contributed by atoms with Gasteiger partial charge in [-0.15, -0.1) is 0 Å². The molecule has 6 nitrogen and oxygen atoms in total. The summed E-state index contributed by atoms with van der Waals surface area (Å²) in [6, 6.07) is 13.1. The first-order valence-electron chi connectivity index (χ1n) is 10.0. The topological polar surface area (TPSA) is 78.6 Å². The number of benzene rings is 2. The lowest BCUT2D eigenvalue weighted by molar-refractivity contribution is 0.0706. The minimum absolute atomic E-state index is 0.326. The van der Waals surface area contributed by atoms with Crippen LogP contribution in [0.25, 0.3) is 22.6 Å². The van der Waals surface area contributed by atoms with Crippen LogP contribution in [-0.4, -0.2) is 34.1 Å². The van der Waals surface area contributed by atoms with Gasteiger partial charge in [-0.3, -0.25) is 14.9 Å².